The van der Waals surface area contributed by atoms with Gasteiger partial charge in [0.25, 0.3) is 0 Å². The van der Waals surface area contributed by atoms with E-state index in [-0.39, 0.29) is 0 Å². The van der Waals surface area contributed by atoms with E-state index in [1.165, 1.54) is 38.0 Å². The second-order valence-corrected chi connectivity index (χ2v) is 5.57. The Bertz CT molecular complexity index is 444. The lowest BCUT2D eigenvalue weighted by molar-refractivity contribution is 0.171. The average molecular weight is 276 g/mol. The van der Waals surface area contributed by atoms with Crippen LogP contribution in [-0.4, -0.2) is 49.3 Å². The molecule has 20 heavy (non-hydrogen) atoms. The molecule has 2 heterocycles. The molecule has 1 aromatic rings. The number of nitrogens with zero attached hydrogens (tertiary/aromatic N) is 2. The van der Waals surface area contributed by atoms with Crippen molar-refractivity contribution < 1.29 is 9.47 Å². The molecule has 0 N–H and O–H groups in total. The number of rotatable bonds is 6. The van der Waals surface area contributed by atoms with Gasteiger partial charge in [0, 0.05) is 25.2 Å². The van der Waals surface area contributed by atoms with Crippen molar-refractivity contribution in [3.63, 3.8) is 0 Å². The Morgan fingerprint density at radius 2 is 2.05 bits per heavy atom. The van der Waals surface area contributed by atoms with E-state index >= 15 is 0 Å². The third-order valence-electron chi connectivity index (χ3n) is 4.25. The summed E-state index contributed by atoms with van der Waals surface area (Å²) in [6, 6.07) is 6.18. The predicted molar refractivity (Wildman–Crippen MR) is 79.2 cm³/mol. The molecule has 0 atom stereocenters. The second kappa shape index (κ2) is 6.46. The number of benzene rings is 1. The molecule has 2 aliphatic rings. The Morgan fingerprint density at radius 1 is 1.20 bits per heavy atom. The zero-order valence-electron chi connectivity index (χ0n) is 12.3. The van der Waals surface area contributed by atoms with E-state index in [0.29, 0.717) is 6.79 Å². The van der Waals surface area contributed by atoms with Crippen LogP contribution in [0, 0.1) is 0 Å². The van der Waals surface area contributed by atoms with Crippen LogP contribution in [-0.2, 0) is 6.54 Å². The van der Waals surface area contributed by atoms with Crippen LogP contribution in [0.25, 0.3) is 0 Å². The molecule has 0 spiro atoms. The fourth-order valence-electron chi connectivity index (χ4n) is 2.99. The van der Waals surface area contributed by atoms with Crippen molar-refractivity contribution in [2.45, 2.75) is 26.3 Å². The van der Waals surface area contributed by atoms with E-state index in [0.717, 1.165) is 31.1 Å². The van der Waals surface area contributed by atoms with Crippen molar-refractivity contribution >= 4 is 0 Å². The highest BCUT2D eigenvalue weighted by atomic mass is 16.7. The van der Waals surface area contributed by atoms with Gasteiger partial charge in [0.15, 0.2) is 11.5 Å². The maximum Gasteiger partial charge on any atom is 0.231 e. The highest BCUT2D eigenvalue weighted by molar-refractivity contribution is 5.48. The van der Waals surface area contributed by atoms with Crippen LogP contribution in [0.2, 0.25) is 0 Å². The zero-order chi connectivity index (χ0) is 13.8. The van der Waals surface area contributed by atoms with E-state index in [1.807, 2.05) is 6.07 Å². The fourth-order valence-corrected chi connectivity index (χ4v) is 2.99. The van der Waals surface area contributed by atoms with Crippen LogP contribution >= 0.6 is 0 Å². The lowest BCUT2D eigenvalue weighted by Gasteiger charge is -2.24. The van der Waals surface area contributed by atoms with E-state index < -0.39 is 0 Å². The number of likely N-dealkylation sites (tertiary alicyclic amines) is 1. The second-order valence-electron chi connectivity index (χ2n) is 5.57. The van der Waals surface area contributed by atoms with Gasteiger partial charge in [-0.3, -0.25) is 4.90 Å². The summed E-state index contributed by atoms with van der Waals surface area (Å²) in [5.74, 6) is 1.82. The first-order chi connectivity index (χ1) is 9.86. The molecule has 110 valence electrons. The van der Waals surface area contributed by atoms with Gasteiger partial charge in [0.2, 0.25) is 6.79 Å². The standard InChI is InChI=1S/C16H24N2O2/c1-2-17(10-11-18-8-3-4-9-18)12-14-6-5-7-15-16(14)20-13-19-15/h5-7H,2-4,8-13H2,1H3. The molecule has 0 aliphatic carbocycles. The monoisotopic (exact) mass is 276 g/mol. The van der Waals surface area contributed by atoms with Crippen molar-refractivity contribution in [2.24, 2.45) is 0 Å². The predicted octanol–water partition coefficient (Wildman–Crippen LogP) is 2.33. The third kappa shape index (κ3) is 3.07. The van der Waals surface area contributed by atoms with Crippen molar-refractivity contribution in [3.05, 3.63) is 23.8 Å². The molecule has 0 radical (unpaired) electrons. The molecule has 1 aromatic carbocycles. The number of fused-ring (bicyclic) bond motifs is 1. The van der Waals surface area contributed by atoms with E-state index in [9.17, 15) is 0 Å². The van der Waals surface area contributed by atoms with Gasteiger partial charge in [-0.2, -0.15) is 0 Å². The summed E-state index contributed by atoms with van der Waals surface area (Å²) in [4.78, 5) is 5.05. The molecule has 1 fully saturated rings. The molecule has 0 unspecified atom stereocenters. The van der Waals surface area contributed by atoms with Crippen molar-refractivity contribution in [2.75, 3.05) is 39.5 Å². The van der Waals surface area contributed by atoms with Gasteiger partial charge >= 0.3 is 0 Å². The quantitative estimate of drug-likeness (QED) is 0.796. The summed E-state index contributed by atoms with van der Waals surface area (Å²) < 4.78 is 11.0. The van der Waals surface area contributed by atoms with Crippen molar-refractivity contribution in [1.82, 2.24) is 9.80 Å². The fraction of sp³-hybridized carbons (Fsp3) is 0.625. The van der Waals surface area contributed by atoms with Crippen LogP contribution < -0.4 is 9.47 Å². The van der Waals surface area contributed by atoms with Gasteiger partial charge in [-0.25, -0.2) is 0 Å². The minimum absolute atomic E-state index is 0.353. The van der Waals surface area contributed by atoms with Crippen LogP contribution in [0.4, 0.5) is 0 Å². The summed E-state index contributed by atoms with van der Waals surface area (Å²) in [5, 5.41) is 0. The highest BCUT2D eigenvalue weighted by Crippen LogP contribution is 2.35. The smallest absolute Gasteiger partial charge is 0.231 e. The Labute approximate surface area is 121 Å². The Balaban J connectivity index is 1.58. The topological polar surface area (TPSA) is 24.9 Å². The van der Waals surface area contributed by atoms with E-state index in [1.54, 1.807) is 0 Å². The summed E-state index contributed by atoms with van der Waals surface area (Å²) >= 11 is 0. The number of ether oxygens (including phenoxy) is 2. The largest absolute Gasteiger partial charge is 0.454 e. The minimum atomic E-state index is 0.353. The molecule has 4 heteroatoms. The first-order valence-corrected chi connectivity index (χ1v) is 7.69. The molecule has 4 nitrogen and oxygen atoms in total. The van der Waals surface area contributed by atoms with E-state index in [2.05, 4.69) is 28.9 Å². The lowest BCUT2D eigenvalue weighted by atomic mass is 10.1. The molecule has 2 aliphatic heterocycles. The molecule has 1 saturated heterocycles. The van der Waals surface area contributed by atoms with Crippen LogP contribution in [0.15, 0.2) is 18.2 Å². The van der Waals surface area contributed by atoms with Gasteiger partial charge in [-0.1, -0.05) is 19.1 Å². The number of likely N-dealkylation sites (N-methyl/N-ethyl adjacent to an activating group) is 1. The minimum Gasteiger partial charge on any atom is -0.454 e. The average Bonchev–Trinajstić information content (AvgIpc) is 3.14. The summed E-state index contributed by atoms with van der Waals surface area (Å²) in [7, 11) is 0. The Morgan fingerprint density at radius 3 is 2.85 bits per heavy atom. The van der Waals surface area contributed by atoms with Crippen molar-refractivity contribution in [3.8, 4) is 11.5 Å². The first-order valence-electron chi connectivity index (χ1n) is 7.69. The third-order valence-corrected chi connectivity index (χ3v) is 4.25. The van der Waals surface area contributed by atoms with Crippen LogP contribution in [0.3, 0.4) is 0 Å². The molecular weight excluding hydrogens is 252 g/mol. The molecule has 0 aromatic heterocycles. The number of hydrogen-bond donors (Lipinski definition) is 0. The van der Waals surface area contributed by atoms with Gasteiger partial charge in [0.1, 0.15) is 0 Å². The highest BCUT2D eigenvalue weighted by Gasteiger charge is 2.19. The van der Waals surface area contributed by atoms with Gasteiger partial charge in [-0.15, -0.1) is 0 Å². The molecule has 0 bridgehead atoms. The normalized spacial score (nSPS) is 18.1. The maximum atomic E-state index is 5.59. The van der Waals surface area contributed by atoms with Crippen molar-refractivity contribution in [1.29, 1.82) is 0 Å². The summed E-state index contributed by atoms with van der Waals surface area (Å²) in [6.45, 7) is 9.44. The maximum absolute atomic E-state index is 5.59. The Hall–Kier alpha value is -1.26. The van der Waals surface area contributed by atoms with Gasteiger partial charge in [0.05, 0.1) is 0 Å². The van der Waals surface area contributed by atoms with Gasteiger partial charge < -0.3 is 14.4 Å². The van der Waals surface area contributed by atoms with Crippen LogP contribution in [0.5, 0.6) is 11.5 Å². The zero-order valence-corrected chi connectivity index (χ0v) is 12.3. The SMILES string of the molecule is CCN(CCN1CCCC1)Cc1cccc2c1OCO2. The summed E-state index contributed by atoms with van der Waals surface area (Å²) in [6.07, 6.45) is 2.73. The lowest BCUT2D eigenvalue weighted by Crippen LogP contribution is -2.33. The molecule has 3 rings (SSSR count). The Kier molecular flexibility index (Phi) is 4.43. The first kappa shape index (κ1) is 13.7. The molecule has 0 saturated carbocycles. The molecular formula is C16H24N2O2. The summed E-state index contributed by atoms with van der Waals surface area (Å²) in [5.41, 5.74) is 1.24. The van der Waals surface area contributed by atoms with Gasteiger partial charge in [-0.05, 0) is 38.5 Å². The number of hydrogen-bond acceptors (Lipinski definition) is 4. The molecule has 0 amide bonds. The van der Waals surface area contributed by atoms with E-state index in [4.69, 9.17) is 9.47 Å². The van der Waals surface area contributed by atoms with Crippen LogP contribution in [0.1, 0.15) is 25.3 Å². The number of para-hydroxylation sites is 1.